The molecule has 7 heteroatoms. The van der Waals surface area contributed by atoms with Gasteiger partial charge in [-0.3, -0.25) is 0 Å². The lowest BCUT2D eigenvalue weighted by Crippen LogP contribution is -2.24. The number of unbranched alkanes of at least 4 members (excludes halogenated alkanes) is 2. The highest BCUT2D eigenvalue weighted by Crippen LogP contribution is 2.22. The second kappa shape index (κ2) is 7.08. The van der Waals surface area contributed by atoms with Gasteiger partial charge >= 0.3 is 0 Å². The minimum Gasteiger partial charge on any atom is -0.398 e. The molecule has 4 N–H and O–H groups in total. The smallest absolute Gasteiger partial charge is 0.240 e. The summed E-state index contributed by atoms with van der Waals surface area (Å²) in [6.07, 6.45) is 2.19. The summed E-state index contributed by atoms with van der Waals surface area (Å²) in [6, 6.07) is 4.49. The lowest BCUT2D eigenvalue weighted by atomic mass is 10.2. The number of nitrogens with two attached hydrogens (primary N) is 1. The van der Waals surface area contributed by atoms with Crippen LogP contribution in [0, 0.1) is 0 Å². The normalized spacial score (nSPS) is 11.7. The molecule has 0 saturated carbocycles. The number of nitrogen functional groups attached to an aromatic ring is 1. The molecule has 18 heavy (non-hydrogen) atoms. The predicted molar refractivity (Wildman–Crippen MR) is 74.7 cm³/mol. The summed E-state index contributed by atoms with van der Waals surface area (Å²) in [5.41, 5.74) is 6.10. The molecule has 0 heterocycles. The van der Waals surface area contributed by atoms with E-state index in [0.29, 0.717) is 29.5 Å². The molecule has 0 aromatic heterocycles. The minimum absolute atomic E-state index is 0.137. The van der Waals surface area contributed by atoms with Gasteiger partial charge in [-0.25, -0.2) is 13.1 Å². The van der Waals surface area contributed by atoms with E-state index in [1.165, 1.54) is 12.1 Å². The van der Waals surface area contributed by atoms with E-state index in [4.69, 9.17) is 10.8 Å². The van der Waals surface area contributed by atoms with Gasteiger partial charge in [0.05, 0.1) is 4.90 Å². The van der Waals surface area contributed by atoms with Gasteiger partial charge in [-0.05, 0) is 53.4 Å². The van der Waals surface area contributed by atoms with Crippen LogP contribution in [0.15, 0.2) is 27.6 Å². The molecule has 0 aliphatic heterocycles. The summed E-state index contributed by atoms with van der Waals surface area (Å²) in [5.74, 6) is 0. The molecule has 1 aromatic carbocycles. The Kier molecular flexibility index (Phi) is 6.07. The van der Waals surface area contributed by atoms with Crippen LogP contribution < -0.4 is 10.5 Å². The number of aliphatic hydroxyl groups excluding tert-OH is 1. The van der Waals surface area contributed by atoms with Gasteiger partial charge in [0.1, 0.15) is 0 Å². The zero-order valence-corrected chi connectivity index (χ0v) is 12.3. The van der Waals surface area contributed by atoms with Gasteiger partial charge in [-0.2, -0.15) is 0 Å². The Balaban J connectivity index is 2.60. The molecule has 1 aromatic rings. The Labute approximate surface area is 116 Å². The van der Waals surface area contributed by atoms with Crippen molar-refractivity contribution in [3.63, 3.8) is 0 Å². The average Bonchev–Trinajstić information content (AvgIpc) is 2.32. The van der Waals surface area contributed by atoms with Crippen LogP contribution in [-0.2, 0) is 10.0 Å². The van der Waals surface area contributed by atoms with Gasteiger partial charge in [0.15, 0.2) is 0 Å². The molecule has 0 amide bonds. The molecule has 5 nitrogen and oxygen atoms in total. The van der Waals surface area contributed by atoms with E-state index in [1.807, 2.05) is 0 Å². The van der Waals surface area contributed by atoms with E-state index >= 15 is 0 Å². The first kappa shape index (κ1) is 15.4. The zero-order chi connectivity index (χ0) is 13.6. The molecule has 0 spiro atoms. The lowest BCUT2D eigenvalue weighted by Gasteiger charge is -2.07. The summed E-state index contributed by atoms with van der Waals surface area (Å²) >= 11 is 3.20. The van der Waals surface area contributed by atoms with Crippen molar-refractivity contribution in [2.75, 3.05) is 18.9 Å². The van der Waals surface area contributed by atoms with Crippen LogP contribution in [0.25, 0.3) is 0 Å². The molecular formula is C11H17BrN2O3S. The first-order chi connectivity index (χ1) is 8.47. The van der Waals surface area contributed by atoms with Gasteiger partial charge < -0.3 is 10.8 Å². The Bertz CT molecular complexity index is 491. The van der Waals surface area contributed by atoms with Crippen molar-refractivity contribution in [3.8, 4) is 0 Å². The van der Waals surface area contributed by atoms with E-state index in [1.54, 1.807) is 6.07 Å². The predicted octanol–water partition coefficient (Wildman–Crippen LogP) is 1.47. The SMILES string of the molecule is Nc1ccc(S(=O)(=O)NCCCCCO)cc1Br. The molecule has 0 aliphatic carbocycles. The Morgan fingerprint density at radius 1 is 1.28 bits per heavy atom. The minimum atomic E-state index is -3.48. The molecule has 0 fully saturated rings. The van der Waals surface area contributed by atoms with Crippen molar-refractivity contribution in [1.29, 1.82) is 0 Å². The Morgan fingerprint density at radius 3 is 2.61 bits per heavy atom. The molecule has 0 aliphatic rings. The first-order valence-electron chi connectivity index (χ1n) is 5.63. The van der Waals surface area contributed by atoms with E-state index < -0.39 is 10.0 Å². The lowest BCUT2D eigenvalue weighted by molar-refractivity contribution is 0.283. The highest BCUT2D eigenvalue weighted by Gasteiger charge is 2.14. The third kappa shape index (κ3) is 4.56. The molecule has 102 valence electrons. The molecule has 0 radical (unpaired) electrons. The monoisotopic (exact) mass is 336 g/mol. The van der Waals surface area contributed by atoms with E-state index in [0.717, 1.165) is 6.42 Å². The Morgan fingerprint density at radius 2 is 2.00 bits per heavy atom. The molecule has 1 rings (SSSR count). The summed E-state index contributed by atoms with van der Waals surface area (Å²) < 4.78 is 26.9. The number of halogens is 1. The van der Waals surface area contributed by atoms with Crippen LogP contribution in [0.1, 0.15) is 19.3 Å². The third-order valence-electron chi connectivity index (χ3n) is 2.41. The number of hydrogen-bond acceptors (Lipinski definition) is 4. The van der Waals surface area contributed by atoms with Crippen LogP contribution in [0.4, 0.5) is 5.69 Å². The quantitative estimate of drug-likeness (QED) is 0.519. The molecule has 0 saturated heterocycles. The fourth-order valence-corrected chi connectivity index (χ4v) is 3.01. The van der Waals surface area contributed by atoms with Crippen molar-refractivity contribution in [2.45, 2.75) is 24.2 Å². The van der Waals surface area contributed by atoms with Crippen molar-refractivity contribution < 1.29 is 13.5 Å². The topological polar surface area (TPSA) is 92.4 Å². The highest BCUT2D eigenvalue weighted by molar-refractivity contribution is 9.10. The third-order valence-corrected chi connectivity index (χ3v) is 4.55. The fraction of sp³-hybridized carbons (Fsp3) is 0.455. The number of rotatable bonds is 7. The van der Waals surface area contributed by atoms with Crippen molar-refractivity contribution in [3.05, 3.63) is 22.7 Å². The molecule has 0 unspecified atom stereocenters. The second-order valence-electron chi connectivity index (χ2n) is 3.87. The molecular weight excluding hydrogens is 320 g/mol. The van der Waals surface area contributed by atoms with Gasteiger partial charge in [0, 0.05) is 23.3 Å². The van der Waals surface area contributed by atoms with Crippen LogP contribution in [-0.4, -0.2) is 26.7 Å². The number of sulfonamides is 1. The van der Waals surface area contributed by atoms with Crippen molar-refractivity contribution in [1.82, 2.24) is 4.72 Å². The van der Waals surface area contributed by atoms with Gasteiger partial charge in [-0.1, -0.05) is 0 Å². The van der Waals surface area contributed by atoms with E-state index in [9.17, 15) is 8.42 Å². The van der Waals surface area contributed by atoms with Crippen molar-refractivity contribution in [2.24, 2.45) is 0 Å². The summed E-state index contributed by atoms with van der Waals surface area (Å²) in [4.78, 5) is 0.186. The standard InChI is InChI=1S/C11H17BrN2O3S/c12-10-8-9(4-5-11(10)13)18(16,17)14-6-2-1-3-7-15/h4-5,8,14-15H,1-3,6-7,13H2. The summed E-state index contributed by atoms with van der Waals surface area (Å²) in [6.45, 7) is 0.502. The summed E-state index contributed by atoms with van der Waals surface area (Å²) in [7, 11) is -3.48. The van der Waals surface area contributed by atoms with Crippen LogP contribution in [0.5, 0.6) is 0 Å². The Hall–Kier alpha value is -0.630. The first-order valence-corrected chi connectivity index (χ1v) is 7.90. The number of nitrogens with one attached hydrogen (secondary N) is 1. The molecule has 0 bridgehead atoms. The van der Waals surface area contributed by atoms with E-state index in [2.05, 4.69) is 20.7 Å². The second-order valence-corrected chi connectivity index (χ2v) is 6.49. The number of hydrogen-bond donors (Lipinski definition) is 3. The fourth-order valence-electron chi connectivity index (χ4n) is 1.38. The number of anilines is 1. The van der Waals surface area contributed by atoms with Crippen LogP contribution in [0.2, 0.25) is 0 Å². The maximum Gasteiger partial charge on any atom is 0.240 e. The van der Waals surface area contributed by atoms with Gasteiger partial charge in [0.2, 0.25) is 10.0 Å². The van der Waals surface area contributed by atoms with Gasteiger partial charge in [-0.15, -0.1) is 0 Å². The molecule has 0 atom stereocenters. The number of benzene rings is 1. The van der Waals surface area contributed by atoms with Gasteiger partial charge in [0.25, 0.3) is 0 Å². The van der Waals surface area contributed by atoms with Crippen molar-refractivity contribution >= 4 is 31.6 Å². The van der Waals surface area contributed by atoms with E-state index in [-0.39, 0.29) is 11.5 Å². The summed E-state index contributed by atoms with van der Waals surface area (Å²) in [5, 5.41) is 8.60. The number of aliphatic hydroxyl groups is 1. The van der Waals surface area contributed by atoms with Crippen LogP contribution in [0.3, 0.4) is 0 Å². The maximum absolute atomic E-state index is 11.9. The zero-order valence-electron chi connectivity index (χ0n) is 9.89. The highest BCUT2D eigenvalue weighted by atomic mass is 79.9. The maximum atomic E-state index is 11.9. The largest absolute Gasteiger partial charge is 0.398 e. The van der Waals surface area contributed by atoms with Crippen LogP contribution >= 0.6 is 15.9 Å². The average molecular weight is 337 g/mol.